The van der Waals surface area contributed by atoms with Crippen LogP contribution in [0.4, 0.5) is 5.82 Å². The number of fused-ring (bicyclic) bond motifs is 1. The number of pyridine rings is 1. The van der Waals surface area contributed by atoms with E-state index < -0.39 is 6.10 Å². The Balaban J connectivity index is 1.48. The van der Waals surface area contributed by atoms with Gasteiger partial charge in [0.05, 0.1) is 18.8 Å². The molecule has 0 radical (unpaired) electrons. The Hall–Kier alpha value is -2.78. The normalized spacial score (nSPS) is 26.9. The van der Waals surface area contributed by atoms with Crippen molar-refractivity contribution in [2.24, 2.45) is 11.8 Å². The molecule has 1 aliphatic heterocycles. The SMILES string of the molecule is COc1ccccc1O[C@@H]1C[C@@H]2CN(c3ncccc3C#N)C[C@@H]2C[C@H]1O. The predicted molar refractivity (Wildman–Crippen MR) is 101 cm³/mol. The number of benzene rings is 1. The van der Waals surface area contributed by atoms with E-state index in [1.807, 2.05) is 24.3 Å². The molecule has 140 valence electrons. The second kappa shape index (κ2) is 7.45. The summed E-state index contributed by atoms with van der Waals surface area (Å²) < 4.78 is 11.5. The number of hydrogen-bond donors (Lipinski definition) is 1. The zero-order valence-corrected chi connectivity index (χ0v) is 15.3. The van der Waals surface area contributed by atoms with Crippen molar-refractivity contribution in [2.75, 3.05) is 25.1 Å². The van der Waals surface area contributed by atoms with E-state index in [1.165, 1.54) is 0 Å². The number of methoxy groups -OCH3 is 1. The minimum absolute atomic E-state index is 0.262. The number of aliphatic hydroxyl groups is 1. The summed E-state index contributed by atoms with van der Waals surface area (Å²) in [5.41, 5.74) is 0.596. The van der Waals surface area contributed by atoms with Crippen molar-refractivity contribution < 1.29 is 14.6 Å². The number of nitriles is 1. The lowest BCUT2D eigenvalue weighted by Crippen LogP contribution is -2.42. The Kier molecular flexibility index (Phi) is 4.87. The van der Waals surface area contributed by atoms with Gasteiger partial charge in [0.15, 0.2) is 11.5 Å². The molecule has 27 heavy (non-hydrogen) atoms. The highest BCUT2D eigenvalue weighted by atomic mass is 16.5. The molecule has 4 rings (SSSR count). The summed E-state index contributed by atoms with van der Waals surface area (Å²) in [5, 5.41) is 20.0. The Morgan fingerprint density at radius 2 is 1.85 bits per heavy atom. The fourth-order valence-electron chi connectivity index (χ4n) is 4.31. The number of aliphatic hydroxyl groups excluding tert-OH is 1. The maximum atomic E-state index is 10.6. The van der Waals surface area contributed by atoms with E-state index >= 15 is 0 Å². The first-order valence-corrected chi connectivity index (χ1v) is 9.27. The zero-order chi connectivity index (χ0) is 18.8. The smallest absolute Gasteiger partial charge is 0.161 e. The van der Waals surface area contributed by atoms with Crippen LogP contribution in [-0.2, 0) is 0 Å². The van der Waals surface area contributed by atoms with Gasteiger partial charge in [-0.2, -0.15) is 5.26 Å². The molecule has 1 N–H and O–H groups in total. The molecule has 2 aromatic rings. The highest BCUT2D eigenvalue weighted by Crippen LogP contribution is 2.40. The van der Waals surface area contributed by atoms with Gasteiger partial charge in [-0.3, -0.25) is 0 Å². The van der Waals surface area contributed by atoms with Crippen LogP contribution in [0.2, 0.25) is 0 Å². The third-order valence-corrected chi connectivity index (χ3v) is 5.64. The summed E-state index contributed by atoms with van der Waals surface area (Å²) in [6, 6.07) is 13.3. The molecule has 0 bridgehead atoms. The number of para-hydroxylation sites is 2. The van der Waals surface area contributed by atoms with Crippen molar-refractivity contribution in [1.29, 1.82) is 5.26 Å². The highest BCUT2D eigenvalue weighted by molar-refractivity contribution is 5.54. The van der Waals surface area contributed by atoms with Crippen LogP contribution in [0, 0.1) is 23.2 Å². The Labute approximate surface area is 159 Å². The minimum atomic E-state index is -0.518. The lowest BCUT2D eigenvalue weighted by molar-refractivity contribution is -0.0240. The topological polar surface area (TPSA) is 78.6 Å². The first kappa shape index (κ1) is 17.6. The van der Waals surface area contributed by atoms with Gasteiger partial charge in [-0.25, -0.2) is 4.98 Å². The van der Waals surface area contributed by atoms with Crippen molar-refractivity contribution in [3.05, 3.63) is 48.2 Å². The molecule has 0 amide bonds. The maximum Gasteiger partial charge on any atom is 0.161 e. The molecule has 2 heterocycles. The van der Waals surface area contributed by atoms with Gasteiger partial charge in [-0.1, -0.05) is 12.1 Å². The number of rotatable bonds is 4. The van der Waals surface area contributed by atoms with E-state index in [-0.39, 0.29) is 6.10 Å². The Morgan fingerprint density at radius 3 is 2.59 bits per heavy atom. The zero-order valence-electron chi connectivity index (χ0n) is 15.3. The van der Waals surface area contributed by atoms with E-state index in [0.717, 1.165) is 25.3 Å². The molecule has 1 aliphatic carbocycles. The van der Waals surface area contributed by atoms with Gasteiger partial charge in [0.1, 0.15) is 18.0 Å². The first-order valence-electron chi connectivity index (χ1n) is 9.27. The van der Waals surface area contributed by atoms with Crippen molar-refractivity contribution in [3.8, 4) is 17.6 Å². The monoisotopic (exact) mass is 365 g/mol. The summed E-state index contributed by atoms with van der Waals surface area (Å²) >= 11 is 0. The van der Waals surface area contributed by atoms with Gasteiger partial charge in [0, 0.05) is 19.3 Å². The third kappa shape index (κ3) is 3.43. The van der Waals surface area contributed by atoms with Crippen molar-refractivity contribution in [1.82, 2.24) is 4.98 Å². The van der Waals surface area contributed by atoms with Crippen LogP contribution in [0.25, 0.3) is 0 Å². The summed E-state index contributed by atoms with van der Waals surface area (Å²) in [7, 11) is 1.62. The van der Waals surface area contributed by atoms with Gasteiger partial charge in [-0.05, 0) is 48.9 Å². The number of aromatic nitrogens is 1. The lowest BCUT2D eigenvalue weighted by Gasteiger charge is -2.35. The van der Waals surface area contributed by atoms with Crippen LogP contribution in [0.3, 0.4) is 0 Å². The van der Waals surface area contributed by atoms with Gasteiger partial charge < -0.3 is 19.5 Å². The van der Waals surface area contributed by atoms with Crippen molar-refractivity contribution in [3.63, 3.8) is 0 Å². The summed E-state index contributed by atoms with van der Waals surface area (Å²) in [5.74, 6) is 2.86. The second-order valence-electron chi connectivity index (χ2n) is 7.26. The first-order chi connectivity index (χ1) is 13.2. The second-order valence-corrected chi connectivity index (χ2v) is 7.26. The quantitative estimate of drug-likeness (QED) is 0.897. The molecule has 0 unspecified atom stereocenters. The maximum absolute atomic E-state index is 10.6. The number of anilines is 1. The molecule has 0 spiro atoms. The molecular formula is C21H23N3O3. The van der Waals surface area contributed by atoms with E-state index in [0.29, 0.717) is 35.3 Å². The Morgan fingerprint density at radius 1 is 1.11 bits per heavy atom. The highest BCUT2D eigenvalue weighted by Gasteiger charge is 2.43. The average molecular weight is 365 g/mol. The molecule has 6 heteroatoms. The summed E-state index contributed by atoms with van der Waals surface area (Å²) in [6.07, 6.45) is 2.41. The minimum Gasteiger partial charge on any atom is -0.493 e. The molecule has 2 aliphatic rings. The van der Waals surface area contributed by atoms with Gasteiger partial charge in [0.25, 0.3) is 0 Å². The molecule has 4 atom stereocenters. The molecule has 2 fully saturated rings. The van der Waals surface area contributed by atoms with Crippen LogP contribution in [0.15, 0.2) is 42.6 Å². The number of nitrogens with zero attached hydrogens (tertiary/aromatic N) is 3. The molecule has 1 saturated heterocycles. The van der Waals surface area contributed by atoms with Crippen molar-refractivity contribution in [2.45, 2.75) is 25.0 Å². The largest absolute Gasteiger partial charge is 0.493 e. The van der Waals surface area contributed by atoms with Crippen LogP contribution in [-0.4, -0.2) is 42.5 Å². The Bertz CT molecular complexity index is 851. The van der Waals surface area contributed by atoms with Gasteiger partial charge >= 0.3 is 0 Å². The number of ether oxygens (including phenoxy) is 2. The fourth-order valence-corrected chi connectivity index (χ4v) is 4.31. The molecular weight excluding hydrogens is 342 g/mol. The van der Waals surface area contributed by atoms with Crippen LogP contribution >= 0.6 is 0 Å². The van der Waals surface area contributed by atoms with Crippen LogP contribution in [0.1, 0.15) is 18.4 Å². The van der Waals surface area contributed by atoms with E-state index in [4.69, 9.17) is 9.47 Å². The van der Waals surface area contributed by atoms with Gasteiger partial charge in [0.2, 0.25) is 0 Å². The van der Waals surface area contributed by atoms with E-state index in [1.54, 1.807) is 25.4 Å². The molecule has 1 aromatic carbocycles. The van der Waals surface area contributed by atoms with Crippen LogP contribution < -0.4 is 14.4 Å². The van der Waals surface area contributed by atoms with Crippen molar-refractivity contribution >= 4 is 5.82 Å². The molecule has 6 nitrogen and oxygen atoms in total. The fraction of sp³-hybridized carbons (Fsp3) is 0.429. The molecule has 1 saturated carbocycles. The van der Waals surface area contributed by atoms with Gasteiger partial charge in [-0.15, -0.1) is 0 Å². The third-order valence-electron chi connectivity index (χ3n) is 5.64. The summed E-state index contributed by atoms with van der Waals surface area (Å²) in [6.45, 7) is 1.64. The number of hydrogen-bond acceptors (Lipinski definition) is 6. The van der Waals surface area contributed by atoms with Crippen LogP contribution in [0.5, 0.6) is 11.5 Å². The molecule has 1 aromatic heterocycles. The van der Waals surface area contributed by atoms with E-state index in [2.05, 4.69) is 16.0 Å². The summed E-state index contributed by atoms with van der Waals surface area (Å²) in [4.78, 5) is 6.58. The predicted octanol–water partition coefficient (Wildman–Crippen LogP) is 2.62. The van der Waals surface area contributed by atoms with E-state index in [9.17, 15) is 10.4 Å². The standard InChI is InChI=1S/C21H23N3O3/c1-26-18-6-2-3-7-19(18)27-20-10-16-13-24(12-15(16)9-17(20)25)21-14(11-22)5-4-8-23-21/h2-8,15-17,20,25H,9-10,12-13H2,1H3/t15-,16+,17+,20+/m0/s1. The lowest BCUT2D eigenvalue weighted by atomic mass is 9.78. The average Bonchev–Trinajstić information content (AvgIpc) is 3.11.